The van der Waals surface area contributed by atoms with E-state index >= 15 is 0 Å². The molecule has 3 aliphatic heterocycles. The first-order valence-corrected chi connectivity index (χ1v) is 26.4. The summed E-state index contributed by atoms with van der Waals surface area (Å²) in [7, 11) is 4.43. The standard InChI is InChI=1S/C56H87NO16/c1-33-17-13-12-14-18-34(2)45(68-9)29-41-22-20-39(7)56(67,73-41)51(63)52(64)57-24-16-15-19-42(57)53(65)71-46(30-43(60)35(3)26-38(6)49(62)50(70-11)48(61)37(5)25-33)36(4)27-40-21-23-44(47(28-40)69-10)72-54(66)55(8,31-58)32-59/h12-14,17-18,26,33,35-37,39-42,44-47,49-50,58-59,62,67H,15-16,19-25,27-32H2,1-11H3/b14-12?,17-13+,34-18?,38-26+/t33-,35-,36?,37-,39-,40+,41+,42+,44-,45+,46+,47-,49-,50+,56-/m1/s1. The highest BCUT2D eigenvalue weighted by atomic mass is 16.6. The van der Waals surface area contributed by atoms with E-state index in [4.69, 9.17) is 28.4 Å². The molecular weight excluding hydrogens is 943 g/mol. The number of fused-ring (bicyclic) bond motifs is 3. The van der Waals surface area contributed by atoms with Gasteiger partial charge in [0.25, 0.3) is 11.7 Å². The van der Waals surface area contributed by atoms with E-state index in [1.54, 1.807) is 40.9 Å². The number of aliphatic hydroxyl groups excluding tert-OH is 3. The minimum absolute atomic E-state index is 0.00697. The van der Waals surface area contributed by atoms with E-state index < -0.39 is 120 Å². The maximum Gasteiger partial charge on any atom is 0.329 e. The molecule has 0 aromatic heterocycles. The van der Waals surface area contributed by atoms with E-state index in [0.717, 1.165) is 10.5 Å². The number of aliphatic hydroxyl groups is 4. The third-order valence-electron chi connectivity index (χ3n) is 15.9. The summed E-state index contributed by atoms with van der Waals surface area (Å²) < 4.78 is 35.4. The van der Waals surface area contributed by atoms with Crippen LogP contribution in [0.1, 0.15) is 132 Å². The molecule has 17 heteroatoms. The van der Waals surface area contributed by atoms with Crippen LogP contribution in [0.25, 0.3) is 0 Å². The van der Waals surface area contributed by atoms with Gasteiger partial charge in [0.1, 0.15) is 41.7 Å². The first kappa shape index (κ1) is 61.6. The molecule has 2 bridgehead atoms. The van der Waals surface area contributed by atoms with Crippen LogP contribution >= 0.6 is 0 Å². The number of rotatable bonds is 10. The summed E-state index contributed by atoms with van der Waals surface area (Å²) in [5.74, 6) is -9.36. The summed E-state index contributed by atoms with van der Waals surface area (Å²) in [6.07, 6.45) is 9.76. The van der Waals surface area contributed by atoms with E-state index in [1.165, 1.54) is 21.1 Å². The Morgan fingerprint density at radius 2 is 1.56 bits per heavy atom. The minimum atomic E-state index is -2.47. The molecule has 0 aromatic rings. The Labute approximate surface area is 433 Å². The van der Waals surface area contributed by atoms with Crippen LogP contribution in [0.5, 0.6) is 0 Å². The Kier molecular flexibility index (Phi) is 23.9. The number of hydrogen-bond acceptors (Lipinski definition) is 16. The number of esters is 2. The van der Waals surface area contributed by atoms with Gasteiger partial charge in [-0.05, 0) is 114 Å². The molecule has 3 heterocycles. The average Bonchev–Trinajstić information content (AvgIpc) is 3.37. The molecule has 0 spiro atoms. The molecule has 1 saturated carbocycles. The number of nitrogens with zero attached hydrogens (tertiary/aromatic N) is 1. The quantitative estimate of drug-likeness (QED) is 0.116. The highest BCUT2D eigenvalue weighted by Gasteiger charge is 2.53. The van der Waals surface area contributed by atoms with Crippen LogP contribution < -0.4 is 0 Å². The fourth-order valence-corrected chi connectivity index (χ4v) is 10.7. The lowest BCUT2D eigenvalue weighted by Crippen LogP contribution is -2.61. The Morgan fingerprint density at radius 1 is 0.863 bits per heavy atom. The Morgan fingerprint density at radius 3 is 2.21 bits per heavy atom. The summed E-state index contributed by atoms with van der Waals surface area (Å²) in [5.41, 5.74) is -0.277. The predicted octanol–water partition coefficient (Wildman–Crippen LogP) is 5.72. The van der Waals surface area contributed by atoms with Crippen molar-refractivity contribution in [3.05, 3.63) is 47.6 Å². The molecule has 17 nitrogen and oxygen atoms in total. The average molecular weight is 1030 g/mol. The van der Waals surface area contributed by atoms with E-state index in [1.807, 2.05) is 51.2 Å². The number of allylic oxidation sites excluding steroid dienone is 6. The van der Waals surface area contributed by atoms with Crippen LogP contribution in [-0.2, 0) is 57.2 Å². The van der Waals surface area contributed by atoms with Crippen molar-refractivity contribution < 1.29 is 77.6 Å². The molecule has 4 rings (SSSR count). The number of ketones is 3. The van der Waals surface area contributed by atoms with Crippen LogP contribution in [0, 0.1) is 40.9 Å². The largest absolute Gasteiger partial charge is 0.460 e. The molecule has 0 radical (unpaired) electrons. The summed E-state index contributed by atoms with van der Waals surface area (Å²) in [6.45, 7) is 12.7. The van der Waals surface area contributed by atoms with Crippen LogP contribution in [0.2, 0.25) is 0 Å². The van der Waals surface area contributed by atoms with E-state index in [2.05, 4.69) is 0 Å². The molecule has 1 amide bonds. The first-order chi connectivity index (χ1) is 34.5. The van der Waals surface area contributed by atoms with Gasteiger partial charge in [-0.25, -0.2) is 4.79 Å². The Bertz CT molecular complexity index is 2010. The number of Topliss-reactive ketones (excluding diaryl/α,β-unsaturated/α-hetero) is 3. The SMILES string of the molecule is CO[C@H]1C[C@@H]2CC[C@@H](C)[C@@](O)(O2)C(=O)C(=O)N2CCCC[C@H]2C(=O)O[C@H](C(C)C[C@@H]2CC[C@@H](OC(=O)C(C)(CO)CO)[C@H](OC)C2)CC(=O)[C@H](C)/C=C(\C)[C@@H](O)[C@@H](OC)C(=O)[C@H](C)C[C@H](C)/C=C/C=CC=C1C. The minimum Gasteiger partial charge on any atom is -0.460 e. The highest BCUT2D eigenvalue weighted by Crippen LogP contribution is 2.38. The zero-order chi connectivity index (χ0) is 54.4. The number of piperidine rings is 1. The van der Waals surface area contributed by atoms with Crippen molar-refractivity contribution in [2.75, 3.05) is 41.1 Å². The van der Waals surface area contributed by atoms with Gasteiger partial charge in [-0.3, -0.25) is 24.0 Å². The molecule has 2 saturated heterocycles. The highest BCUT2D eigenvalue weighted by molar-refractivity contribution is 6.39. The lowest BCUT2D eigenvalue weighted by atomic mass is 9.78. The lowest BCUT2D eigenvalue weighted by molar-refractivity contribution is -0.265. The number of amides is 1. The van der Waals surface area contributed by atoms with Crippen LogP contribution in [-0.4, -0.2) is 156 Å². The maximum absolute atomic E-state index is 14.5. The summed E-state index contributed by atoms with van der Waals surface area (Å²) >= 11 is 0. The summed E-state index contributed by atoms with van der Waals surface area (Å²) in [4.78, 5) is 85.4. The molecule has 412 valence electrons. The first-order valence-electron chi connectivity index (χ1n) is 26.4. The van der Waals surface area contributed by atoms with E-state index in [-0.39, 0.29) is 42.8 Å². The summed E-state index contributed by atoms with van der Waals surface area (Å²) in [6, 6.07) is -1.20. The molecule has 73 heavy (non-hydrogen) atoms. The van der Waals surface area contributed by atoms with Gasteiger partial charge in [-0.2, -0.15) is 0 Å². The van der Waals surface area contributed by atoms with Crippen LogP contribution in [0.3, 0.4) is 0 Å². The smallest absolute Gasteiger partial charge is 0.329 e. The monoisotopic (exact) mass is 1030 g/mol. The van der Waals surface area contributed by atoms with Gasteiger partial charge in [0.15, 0.2) is 5.78 Å². The van der Waals surface area contributed by atoms with Gasteiger partial charge in [0, 0.05) is 58.5 Å². The number of cyclic esters (lactones) is 1. The number of carbonyl (C=O) groups is 6. The topological polar surface area (TPSA) is 242 Å². The second-order valence-electron chi connectivity index (χ2n) is 21.8. The van der Waals surface area contributed by atoms with Crippen LogP contribution in [0.15, 0.2) is 47.6 Å². The summed E-state index contributed by atoms with van der Waals surface area (Å²) in [5, 5.41) is 43.1. The van der Waals surface area contributed by atoms with Crippen molar-refractivity contribution in [3.8, 4) is 0 Å². The maximum atomic E-state index is 14.5. The second-order valence-corrected chi connectivity index (χ2v) is 21.8. The Hall–Kier alpha value is -3.94. The van der Waals surface area contributed by atoms with E-state index in [9.17, 15) is 49.2 Å². The number of methoxy groups -OCH3 is 3. The number of carbonyl (C=O) groups excluding carboxylic acids is 6. The van der Waals surface area contributed by atoms with Crippen molar-refractivity contribution in [2.24, 2.45) is 40.9 Å². The predicted molar refractivity (Wildman–Crippen MR) is 271 cm³/mol. The van der Waals surface area contributed by atoms with Crippen molar-refractivity contribution in [2.45, 2.75) is 187 Å². The van der Waals surface area contributed by atoms with Gasteiger partial charge in [0.2, 0.25) is 5.79 Å². The van der Waals surface area contributed by atoms with Gasteiger partial charge < -0.3 is 53.7 Å². The number of hydrogen-bond donors (Lipinski definition) is 4. The third-order valence-corrected chi connectivity index (χ3v) is 15.9. The zero-order valence-corrected chi connectivity index (χ0v) is 45.3. The van der Waals surface area contributed by atoms with Gasteiger partial charge in [-0.1, -0.05) is 71.1 Å². The van der Waals surface area contributed by atoms with Crippen molar-refractivity contribution in [1.82, 2.24) is 4.90 Å². The fourth-order valence-electron chi connectivity index (χ4n) is 10.7. The van der Waals surface area contributed by atoms with Crippen LogP contribution in [0.4, 0.5) is 0 Å². The molecule has 3 fully saturated rings. The molecule has 4 N–H and O–H groups in total. The van der Waals surface area contributed by atoms with Gasteiger partial charge in [0.05, 0.1) is 31.5 Å². The number of ether oxygens (including phenoxy) is 6. The van der Waals surface area contributed by atoms with E-state index in [0.29, 0.717) is 69.8 Å². The fraction of sp³-hybridized carbons (Fsp3) is 0.750. The molecule has 0 aromatic carbocycles. The van der Waals surface area contributed by atoms with Gasteiger partial charge >= 0.3 is 11.9 Å². The Balaban J connectivity index is 1.69. The van der Waals surface area contributed by atoms with Gasteiger partial charge in [-0.15, -0.1) is 0 Å². The molecule has 4 aliphatic rings. The molecular formula is C56H87NO16. The third kappa shape index (κ3) is 16.0. The van der Waals surface area contributed by atoms with Crippen molar-refractivity contribution >= 4 is 35.2 Å². The molecule has 1 unspecified atom stereocenters. The second kappa shape index (κ2) is 28.3. The van der Waals surface area contributed by atoms with Crippen molar-refractivity contribution in [3.63, 3.8) is 0 Å². The normalized spacial score (nSPS) is 36.3. The molecule has 15 atom stereocenters. The van der Waals surface area contributed by atoms with Crippen molar-refractivity contribution in [1.29, 1.82) is 0 Å². The zero-order valence-electron chi connectivity index (χ0n) is 45.3. The lowest BCUT2D eigenvalue weighted by Gasteiger charge is -2.42. The molecule has 1 aliphatic carbocycles.